The van der Waals surface area contributed by atoms with Gasteiger partial charge in [0.2, 0.25) is 15.9 Å². The fourth-order valence-electron chi connectivity index (χ4n) is 4.08. The zero-order valence-corrected chi connectivity index (χ0v) is 21.0. The summed E-state index contributed by atoms with van der Waals surface area (Å²) in [5, 5.41) is 5.55. The lowest BCUT2D eigenvalue weighted by molar-refractivity contribution is 0.247. The van der Waals surface area contributed by atoms with E-state index < -0.39 is 21.7 Å². The Bertz CT molecular complexity index is 1350. The van der Waals surface area contributed by atoms with Crippen molar-refractivity contribution in [3.63, 3.8) is 0 Å². The molecule has 180 valence electrons. The third kappa shape index (κ3) is 4.92. The first kappa shape index (κ1) is 24.2. The maximum atomic E-state index is 13.5. The van der Waals surface area contributed by atoms with Gasteiger partial charge in [0.15, 0.2) is 11.5 Å². The van der Waals surface area contributed by atoms with Crippen molar-refractivity contribution in [2.45, 2.75) is 63.6 Å². The molecular weight excluding hydrogens is 452 g/mol. The number of aryl methyl sites for hydroxylation is 1. The molecule has 2 atom stereocenters. The maximum Gasteiger partial charge on any atom is 0.245 e. The molecule has 0 amide bonds. The summed E-state index contributed by atoms with van der Waals surface area (Å²) in [4.78, 5) is 18.1. The van der Waals surface area contributed by atoms with Gasteiger partial charge in [0.25, 0.3) is 0 Å². The Morgan fingerprint density at radius 2 is 1.79 bits per heavy atom. The molecule has 1 aliphatic heterocycles. The molecule has 0 saturated heterocycles. The van der Waals surface area contributed by atoms with Gasteiger partial charge in [0.05, 0.1) is 16.4 Å². The minimum atomic E-state index is -3.78. The van der Waals surface area contributed by atoms with Gasteiger partial charge >= 0.3 is 0 Å². The van der Waals surface area contributed by atoms with Gasteiger partial charge in [-0.05, 0) is 43.0 Å². The highest BCUT2D eigenvalue weighted by Crippen LogP contribution is 2.31. The third-order valence-electron chi connectivity index (χ3n) is 5.86. The third-order valence-corrected chi connectivity index (χ3v) is 7.74. The molecule has 3 aromatic rings. The molecule has 34 heavy (non-hydrogen) atoms. The Labute approximate surface area is 199 Å². The van der Waals surface area contributed by atoms with Gasteiger partial charge in [-0.1, -0.05) is 38.1 Å². The number of rotatable bonds is 9. The molecule has 0 fully saturated rings. The van der Waals surface area contributed by atoms with E-state index in [4.69, 9.17) is 14.5 Å². The lowest BCUT2D eigenvalue weighted by Crippen LogP contribution is -2.32. The van der Waals surface area contributed by atoms with E-state index in [2.05, 4.69) is 15.1 Å². The highest BCUT2D eigenvalue weighted by molar-refractivity contribution is 7.89. The number of pyridine rings is 1. The fraction of sp³-hybridized carbons (Fsp3) is 0.458. The quantitative estimate of drug-likeness (QED) is 0.463. The van der Waals surface area contributed by atoms with Crippen LogP contribution in [0.2, 0.25) is 0 Å². The van der Waals surface area contributed by atoms with Crippen molar-refractivity contribution in [3.05, 3.63) is 70.7 Å². The summed E-state index contributed by atoms with van der Waals surface area (Å²) >= 11 is 0. The van der Waals surface area contributed by atoms with Crippen molar-refractivity contribution in [2.75, 3.05) is 7.05 Å². The molecule has 3 heterocycles. The van der Waals surface area contributed by atoms with Crippen LogP contribution < -0.4 is 10.7 Å². The van der Waals surface area contributed by atoms with Crippen LogP contribution >= 0.6 is 0 Å². The first-order valence-electron chi connectivity index (χ1n) is 11.4. The predicted octanol–water partition coefficient (Wildman–Crippen LogP) is 2.65. The van der Waals surface area contributed by atoms with Crippen molar-refractivity contribution >= 4 is 10.0 Å². The minimum absolute atomic E-state index is 0.209. The summed E-state index contributed by atoms with van der Waals surface area (Å²) in [5.74, 6) is 1.12. The molecule has 1 aromatic carbocycles. The van der Waals surface area contributed by atoms with Crippen LogP contribution in [0.15, 0.2) is 62.1 Å². The predicted molar refractivity (Wildman–Crippen MR) is 126 cm³/mol. The molecule has 2 unspecified atom stereocenters. The van der Waals surface area contributed by atoms with Crippen LogP contribution in [0.4, 0.5) is 0 Å². The number of aromatic nitrogens is 3. The van der Waals surface area contributed by atoms with Crippen LogP contribution in [0.5, 0.6) is 0 Å². The second-order valence-corrected chi connectivity index (χ2v) is 11.2. The van der Waals surface area contributed by atoms with E-state index >= 15 is 0 Å². The van der Waals surface area contributed by atoms with Gasteiger partial charge in [0, 0.05) is 26.1 Å². The highest BCUT2D eigenvalue weighted by Gasteiger charge is 2.33. The first-order chi connectivity index (χ1) is 16.1. The minimum Gasteiger partial charge on any atom is -0.338 e. The summed E-state index contributed by atoms with van der Waals surface area (Å²) in [5.41, 5.74) is 0.306. The van der Waals surface area contributed by atoms with Crippen molar-refractivity contribution < 1.29 is 12.9 Å². The summed E-state index contributed by atoms with van der Waals surface area (Å²) in [6.07, 6.45) is 5.14. The summed E-state index contributed by atoms with van der Waals surface area (Å²) in [7, 11) is -2.22. The number of fused-ring (bicyclic) bond motifs is 1. The smallest absolute Gasteiger partial charge is 0.245 e. The summed E-state index contributed by atoms with van der Waals surface area (Å²) in [6.45, 7) is 7.95. The molecule has 0 spiro atoms. The highest BCUT2D eigenvalue weighted by atomic mass is 32.2. The largest absolute Gasteiger partial charge is 0.338 e. The molecule has 2 aromatic heterocycles. The van der Waals surface area contributed by atoms with E-state index in [9.17, 15) is 8.42 Å². The number of hydrogen-bond donors (Lipinski definition) is 0. The summed E-state index contributed by atoms with van der Waals surface area (Å²) < 4.78 is 33.7. The Kier molecular flexibility index (Phi) is 6.64. The number of sulfonamides is 1. The average molecular weight is 483 g/mol. The van der Waals surface area contributed by atoms with Gasteiger partial charge in [-0.2, -0.15) is 9.29 Å². The van der Waals surface area contributed by atoms with Gasteiger partial charge < -0.3 is 4.52 Å². The van der Waals surface area contributed by atoms with Crippen LogP contribution in [0.1, 0.15) is 57.4 Å². The molecular formula is C24H30N6O3S. The Morgan fingerprint density at radius 1 is 1.09 bits per heavy atom. The number of nitrogens with zero attached hydrogens (tertiary/aromatic N) is 6. The van der Waals surface area contributed by atoms with E-state index in [1.54, 1.807) is 31.6 Å². The van der Waals surface area contributed by atoms with Gasteiger partial charge in [-0.3, -0.25) is 15.0 Å². The van der Waals surface area contributed by atoms with Gasteiger partial charge in [-0.15, -0.1) is 0 Å². The molecule has 0 bridgehead atoms. The van der Waals surface area contributed by atoms with E-state index in [-0.39, 0.29) is 10.8 Å². The lowest BCUT2D eigenvalue weighted by atomic mass is 10.0. The molecule has 9 nitrogen and oxygen atoms in total. The van der Waals surface area contributed by atoms with Crippen LogP contribution in [-0.4, -0.2) is 40.6 Å². The first-order valence-corrected chi connectivity index (χ1v) is 12.8. The van der Waals surface area contributed by atoms with Crippen molar-refractivity contribution in [1.29, 1.82) is 0 Å². The van der Waals surface area contributed by atoms with Crippen molar-refractivity contribution in [1.82, 2.24) is 19.4 Å². The second kappa shape index (κ2) is 9.34. The average Bonchev–Trinajstić information content (AvgIpc) is 3.40. The molecule has 4 rings (SSSR count). The maximum absolute atomic E-state index is 13.5. The Morgan fingerprint density at radius 3 is 2.41 bits per heavy atom. The normalized spacial score (nSPS) is 18.6. The lowest BCUT2D eigenvalue weighted by Gasteiger charge is -2.26. The van der Waals surface area contributed by atoms with Crippen molar-refractivity contribution in [2.24, 2.45) is 15.9 Å². The van der Waals surface area contributed by atoms with Crippen LogP contribution in [0.3, 0.4) is 0 Å². The molecule has 10 heteroatoms. The number of hydrogen-bond acceptors (Lipinski definition) is 8. The second-order valence-electron chi connectivity index (χ2n) is 9.19. The Hall–Kier alpha value is -2.98. The van der Waals surface area contributed by atoms with E-state index in [0.717, 1.165) is 16.3 Å². The SMILES string of the molecule is CCc1noc(C(CC(C)C)N(C)S(=O)(=O)c2ccc(CC3(C)N=c4ccncc4=N3)cc2)n1. The zero-order valence-electron chi connectivity index (χ0n) is 20.1. The van der Waals surface area contributed by atoms with Crippen molar-refractivity contribution in [3.8, 4) is 0 Å². The van der Waals surface area contributed by atoms with Crippen LogP contribution in [-0.2, 0) is 22.9 Å². The van der Waals surface area contributed by atoms with Gasteiger partial charge in [-0.25, -0.2) is 8.42 Å². The van der Waals surface area contributed by atoms with E-state index in [0.29, 0.717) is 31.0 Å². The molecule has 0 N–H and O–H groups in total. The molecule has 0 aliphatic carbocycles. The zero-order chi connectivity index (χ0) is 24.5. The van der Waals surface area contributed by atoms with Crippen LogP contribution in [0.25, 0.3) is 0 Å². The van der Waals surface area contributed by atoms with E-state index in [1.165, 1.54) is 4.31 Å². The van der Waals surface area contributed by atoms with E-state index in [1.807, 2.05) is 45.9 Å². The molecule has 0 saturated carbocycles. The molecule has 1 aliphatic rings. The standard InChI is InChI=1S/C24H30N6O3S/c1-6-22-26-23(33-29-22)21(13-16(2)3)30(5)34(31,32)18-9-7-17(8-10-18)14-24(4)27-19-11-12-25-15-20(19)28-24/h7-12,15-16,21H,6,13-14H2,1-5H3. The Balaban J connectivity index is 1.56. The monoisotopic (exact) mass is 482 g/mol. The molecule has 0 radical (unpaired) electrons. The number of benzene rings is 1. The summed E-state index contributed by atoms with van der Waals surface area (Å²) in [6, 6.07) is 8.20. The van der Waals surface area contributed by atoms with Crippen LogP contribution in [0, 0.1) is 5.92 Å². The topological polar surface area (TPSA) is 114 Å². The fourth-order valence-corrected chi connectivity index (χ4v) is 5.40. The van der Waals surface area contributed by atoms with Gasteiger partial charge in [0.1, 0.15) is 11.4 Å².